The van der Waals surface area contributed by atoms with E-state index in [1.807, 2.05) is 13.0 Å². The van der Waals surface area contributed by atoms with Gasteiger partial charge in [0.2, 0.25) is 0 Å². The summed E-state index contributed by atoms with van der Waals surface area (Å²) in [6.07, 6.45) is 6.10. The van der Waals surface area contributed by atoms with Crippen molar-refractivity contribution in [2.75, 3.05) is 25.1 Å². The third kappa shape index (κ3) is 4.56. The van der Waals surface area contributed by atoms with Gasteiger partial charge in [0.15, 0.2) is 0 Å². The Hall–Kier alpha value is -1.42. The van der Waals surface area contributed by atoms with Crippen molar-refractivity contribution in [3.63, 3.8) is 0 Å². The maximum atomic E-state index is 5.35. The summed E-state index contributed by atoms with van der Waals surface area (Å²) < 4.78 is 5.35. The molecular weight excluding hydrogens is 190 g/mol. The molecule has 0 atom stereocenters. The van der Waals surface area contributed by atoms with Gasteiger partial charge in [0.1, 0.15) is 5.82 Å². The van der Waals surface area contributed by atoms with Crippen LogP contribution in [-0.4, -0.2) is 29.7 Å². The largest absolute Gasteiger partial charge is 0.379 e. The number of aryl methyl sites for hydroxylation is 1. The molecule has 0 radical (unpaired) electrons. The second-order valence-electron chi connectivity index (χ2n) is 3.11. The highest BCUT2D eigenvalue weighted by Gasteiger charge is 1.97. The van der Waals surface area contributed by atoms with Crippen molar-refractivity contribution in [1.29, 1.82) is 0 Å². The molecule has 1 aromatic heterocycles. The van der Waals surface area contributed by atoms with Crippen molar-refractivity contribution in [2.45, 2.75) is 13.3 Å². The molecule has 0 amide bonds. The lowest BCUT2D eigenvalue weighted by Crippen LogP contribution is -2.12. The molecule has 1 heterocycles. The van der Waals surface area contributed by atoms with Gasteiger partial charge in [0.25, 0.3) is 0 Å². The summed E-state index contributed by atoms with van der Waals surface area (Å²) in [5.41, 5.74) is 0.906. The Labute approximate surface area is 90.4 Å². The third-order valence-corrected chi connectivity index (χ3v) is 1.89. The second kappa shape index (κ2) is 6.95. The smallest absolute Gasteiger partial charge is 0.147 e. The van der Waals surface area contributed by atoms with Crippen LogP contribution in [0.25, 0.3) is 0 Å². The summed E-state index contributed by atoms with van der Waals surface area (Å²) in [4.78, 5) is 8.30. The number of ether oxygens (including phenoxy) is 1. The van der Waals surface area contributed by atoms with E-state index in [1.54, 1.807) is 12.4 Å². The average molecular weight is 207 g/mol. The van der Waals surface area contributed by atoms with Crippen LogP contribution in [0.1, 0.15) is 12.1 Å². The van der Waals surface area contributed by atoms with Crippen LogP contribution in [0.3, 0.4) is 0 Å². The first-order chi connectivity index (χ1) is 7.34. The van der Waals surface area contributed by atoms with Crippen molar-refractivity contribution in [2.24, 2.45) is 0 Å². The highest BCUT2D eigenvalue weighted by Crippen LogP contribution is 2.04. The van der Waals surface area contributed by atoms with Crippen LogP contribution in [0.2, 0.25) is 0 Å². The Morgan fingerprint density at radius 1 is 1.40 bits per heavy atom. The van der Waals surface area contributed by atoms with Gasteiger partial charge in [-0.05, 0) is 13.3 Å². The van der Waals surface area contributed by atoms with Gasteiger partial charge in [0, 0.05) is 18.9 Å². The van der Waals surface area contributed by atoms with E-state index in [0.717, 1.165) is 31.1 Å². The third-order valence-electron chi connectivity index (χ3n) is 1.89. The molecule has 1 aromatic rings. The number of anilines is 1. The number of hydrogen-bond donors (Lipinski definition) is 1. The quantitative estimate of drug-likeness (QED) is 0.547. The van der Waals surface area contributed by atoms with E-state index < -0.39 is 0 Å². The monoisotopic (exact) mass is 207 g/mol. The number of aromatic nitrogens is 2. The summed E-state index contributed by atoms with van der Waals surface area (Å²) >= 11 is 0. The maximum absolute atomic E-state index is 5.35. The number of nitrogens with zero attached hydrogens (tertiary/aromatic N) is 2. The fraction of sp³-hybridized carbons (Fsp3) is 0.455. The standard InChI is InChI=1S/C11H17N3O/c1-3-4-8-15-9-7-14-11-10(2)12-5-6-13-11/h3,5-6H,1,4,7-9H2,2H3,(H,13,14). The molecule has 0 bridgehead atoms. The highest BCUT2D eigenvalue weighted by molar-refractivity contribution is 5.37. The molecule has 1 N–H and O–H groups in total. The lowest BCUT2D eigenvalue weighted by molar-refractivity contribution is 0.149. The molecular formula is C11H17N3O. The lowest BCUT2D eigenvalue weighted by Gasteiger charge is -2.07. The van der Waals surface area contributed by atoms with Crippen molar-refractivity contribution in [1.82, 2.24) is 9.97 Å². The van der Waals surface area contributed by atoms with E-state index in [9.17, 15) is 0 Å². The fourth-order valence-electron chi connectivity index (χ4n) is 1.09. The average Bonchev–Trinajstić information content (AvgIpc) is 2.25. The minimum atomic E-state index is 0.670. The van der Waals surface area contributed by atoms with Crippen LogP contribution in [0.5, 0.6) is 0 Å². The van der Waals surface area contributed by atoms with Crippen LogP contribution in [0.15, 0.2) is 25.0 Å². The van der Waals surface area contributed by atoms with Gasteiger partial charge in [-0.25, -0.2) is 4.98 Å². The van der Waals surface area contributed by atoms with E-state index in [4.69, 9.17) is 4.74 Å². The predicted molar refractivity (Wildman–Crippen MR) is 60.9 cm³/mol. The molecule has 1 rings (SSSR count). The molecule has 0 aliphatic carbocycles. The summed E-state index contributed by atoms with van der Waals surface area (Å²) in [6, 6.07) is 0. The molecule has 0 unspecified atom stereocenters. The maximum Gasteiger partial charge on any atom is 0.147 e. The highest BCUT2D eigenvalue weighted by atomic mass is 16.5. The van der Waals surface area contributed by atoms with Gasteiger partial charge in [-0.3, -0.25) is 4.98 Å². The molecule has 0 spiro atoms. The van der Waals surface area contributed by atoms with Crippen LogP contribution in [0, 0.1) is 6.92 Å². The molecule has 4 nitrogen and oxygen atoms in total. The van der Waals surface area contributed by atoms with Crippen molar-refractivity contribution in [3.8, 4) is 0 Å². The zero-order valence-electron chi connectivity index (χ0n) is 9.07. The zero-order valence-corrected chi connectivity index (χ0v) is 9.07. The van der Waals surface area contributed by atoms with Crippen molar-refractivity contribution < 1.29 is 4.74 Å². The van der Waals surface area contributed by atoms with Crippen LogP contribution < -0.4 is 5.32 Å². The molecule has 0 aliphatic heterocycles. The second-order valence-corrected chi connectivity index (χ2v) is 3.11. The normalized spacial score (nSPS) is 9.93. The molecule has 0 aliphatic rings. The van der Waals surface area contributed by atoms with Crippen LogP contribution in [-0.2, 0) is 4.74 Å². The molecule has 4 heteroatoms. The zero-order chi connectivity index (χ0) is 10.9. The van der Waals surface area contributed by atoms with Crippen molar-refractivity contribution in [3.05, 3.63) is 30.7 Å². The molecule has 0 saturated carbocycles. The molecule has 0 saturated heterocycles. The Bertz CT molecular complexity index is 302. The van der Waals surface area contributed by atoms with Crippen LogP contribution in [0.4, 0.5) is 5.82 Å². The van der Waals surface area contributed by atoms with E-state index in [0.29, 0.717) is 6.61 Å². The summed E-state index contributed by atoms with van der Waals surface area (Å²) in [6.45, 7) is 7.69. The molecule has 0 aromatic carbocycles. The minimum Gasteiger partial charge on any atom is -0.379 e. The molecule has 15 heavy (non-hydrogen) atoms. The van der Waals surface area contributed by atoms with Crippen LogP contribution >= 0.6 is 0 Å². The minimum absolute atomic E-state index is 0.670. The Morgan fingerprint density at radius 3 is 2.93 bits per heavy atom. The first-order valence-corrected chi connectivity index (χ1v) is 5.04. The first-order valence-electron chi connectivity index (χ1n) is 5.04. The fourth-order valence-corrected chi connectivity index (χ4v) is 1.09. The van der Waals surface area contributed by atoms with E-state index in [1.165, 1.54) is 0 Å². The summed E-state index contributed by atoms with van der Waals surface area (Å²) in [5, 5.41) is 3.17. The number of rotatable bonds is 7. The van der Waals surface area contributed by atoms with Gasteiger partial charge in [-0.1, -0.05) is 6.08 Å². The summed E-state index contributed by atoms with van der Waals surface area (Å²) in [5.74, 6) is 0.824. The Morgan fingerprint density at radius 2 is 2.20 bits per heavy atom. The van der Waals surface area contributed by atoms with Gasteiger partial charge in [0.05, 0.1) is 18.9 Å². The van der Waals surface area contributed by atoms with Gasteiger partial charge in [-0.15, -0.1) is 6.58 Å². The Balaban J connectivity index is 2.15. The Kier molecular flexibility index (Phi) is 5.40. The number of hydrogen-bond acceptors (Lipinski definition) is 4. The van der Waals surface area contributed by atoms with Gasteiger partial charge >= 0.3 is 0 Å². The summed E-state index contributed by atoms with van der Waals surface area (Å²) in [7, 11) is 0. The van der Waals surface area contributed by atoms with Crippen molar-refractivity contribution >= 4 is 5.82 Å². The SMILES string of the molecule is C=CCCOCCNc1nccnc1C. The molecule has 0 fully saturated rings. The topological polar surface area (TPSA) is 47.0 Å². The van der Waals surface area contributed by atoms with E-state index in [2.05, 4.69) is 21.9 Å². The van der Waals surface area contributed by atoms with Gasteiger partial charge in [-0.2, -0.15) is 0 Å². The number of nitrogens with one attached hydrogen (secondary N) is 1. The molecule has 82 valence electrons. The lowest BCUT2D eigenvalue weighted by atomic mass is 10.4. The van der Waals surface area contributed by atoms with E-state index >= 15 is 0 Å². The van der Waals surface area contributed by atoms with Gasteiger partial charge < -0.3 is 10.1 Å². The first kappa shape index (κ1) is 11.7. The van der Waals surface area contributed by atoms with E-state index in [-0.39, 0.29) is 0 Å². The predicted octanol–water partition coefficient (Wildman–Crippen LogP) is 1.79.